The molecule has 2 aromatic rings. The topological polar surface area (TPSA) is 56.0 Å². The molecular formula is C12H10N2OS2. The van der Waals surface area contributed by atoms with Gasteiger partial charge in [-0.3, -0.25) is 4.79 Å². The Balaban J connectivity index is 2.26. The molecule has 17 heavy (non-hydrogen) atoms. The number of thiazole rings is 1. The summed E-state index contributed by atoms with van der Waals surface area (Å²) >= 11 is 2.66. The summed E-state index contributed by atoms with van der Waals surface area (Å²) in [5, 5.41) is 0.628. The number of carbonyl (C=O) groups is 1. The van der Waals surface area contributed by atoms with Crippen LogP contribution in [0.15, 0.2) is 18.2 Å². The van der Waals surface area contributed by atoms with Crippen molar-refractivity contribution in [3.8, 4) is 11.8 Å². The molecule has 0 saturated heterocycles. The lowest BCUT2D eigenvalue weighted by atomic mass is 10.2. The lowest BCUT2D eigenvalue weighted by molar-refractivity contribution is -0.109. The zero-order valence-electron chi connectivity index (χ0n) is 9.19. The lowest BCUT2D eigenvalue weighted by Crippen LogP contribution is -1.84. The molecule has 0 saturated carbocycles. The van der Waals surface area contributed by atoms with Gasteiger partial charge in [0.25, 0.3) is 0 Å². The molecule has 0 spiro atoms. The lowest BCUT2D eigenvalue weighted by Gasteiger charge is -1.91. The van der Waals surface area contributed by atoms with Crippen LogP contribution in [0, 0.1) is 11.8 Å². The molecule has 0 fully saturated rings. The zero-order valence-corrected chi connectivity index (χ0v) is 10.8. The Labute approximate surface area is 107 Å². The highest BCUT2D eigenvalue weighted by molar-refractivity contribution is 8.13. The quantitative estimate of drug-likeness (QED) is 0.802. The average Bonchev–Trinajstić information content (AvgIpc) is 2.65. The van der Waals surface area contributed by atoms with E-state index in [1.54, 1.807) is 0 Å². The van der Waals surface area contributed by atoms with E-state index < -0.39 is 0 Å². The summed E-state index contributed by atoms with van der Waals surface area (Å²) in [6, 6.07) is 5.81. The molecule has 2 rings (SSSR count). The molecule has 0 aliphatic rings. The molecule has 0 unspecified atom stereocenters. The molecule has 1 aromatic heterocycles. The third-order valence-electron chi connectivity index (χ3n) is 2.01. The zero-order chi connectivity index (χ0) is 12.3. The summed E-state index contributed by atoms with van der Waals surface area (Å²) in [6.07, 6.45) is 0. The number of thioether (sulfide) groups is 1. The minimum atomic E-state index is 0.0791. The number of para-hydroxylation sites is 1. The molecule has 0 atom stereocenters. The maximum Gasteiger partial charge on any atom is 0.186 e. The van der Waals surface area contributed by atoms with Crippen LogP contribution in [0.2, 0.25) is 0 Å². The summed E-state index contributed by atoms with van der Waals surface area (Å²) in [6.45, 7) is 1.54. The number of fused-ring (bicyclic) bond motifs is 1. The maximum atomic E-state index is 10.7. The summed E-state index contributed by atoms with van der Waals surface area (Å²) in [7, 11) is 0. The van der Waals surface area contributed by atoms with Crippen LogP contribution in [0.3, 0.4) is 0 Å². The van der Waals surface area contributed by atoms with E-state index in [0.29, 0.717) is 10.9 Å². The molecule has 5 heteroatoms. The molecule has 0 aliphatic carbocycles. The number of nitrogens with zero attached hydrogens (tertiary/aromatic N) is 1. The number of nitrogen functional groups attached to an aromatic ring is 1. The second-order valence-electron chi connectivity index (χ2n) is 3.29. The van der Waals surface area contributed by atoms with Gasteiger partial charge in [-0.1, -0.05) is 41.0 Å². The van der Waals surface area contributed by atoms with Crippen LogP contribution < -0.4 is 5.73 Å². The highest BCUT2D eigenvalue weighted by Crippen LogP contribution is 2.25. The first kappa shape index (κ1) is 12.0. The Morgan fingerprint density at radius 2 is 2.41 bits per heavy atom. The van der Waals surface area contributed by atoms with Gasteiger partial charge in [-0.15, -0.1) is 0 Å². The molecule has 86 valence electrons. The van der Waals surface area contributed by atoms with Crippen LogP contribution in [-0.4, -0.2) is 15.9 Å². The number of benzene rings is 1. The number of nitrogens with two attached hydrogens (primary N) is 1. The van der Waals surface area contributed by atoms with E-state index in [-0.39, 0.29) is 5.12 Å². The van der Waals surface area contributed by atoms with Crippen molar-refractivity contribution in [1.82, 2.24) is 4.98 Å². The molecule has 1 aromatic carbocycles. The van der Waals surface area contributed by atoms with Gasteiger partial charge in [0.1, 0.15) is 0 Å². The summed E-state index contributed by atoms with van der Waals surface area (Å²) in [5.41, 5.74) is 7.37. The molecule has 3 nitrogen and oxygen atoms in total. The summed E-state index contributed by atoms with van der Waals surface area (Å²) in [4.78, 5) is 15.0. The normalized spacial score (nSPS) is 9.94. The Kier molecular flexibility index (Phi) is 3.67. The molecule has 2 N–H and O–H groups in total. The third kappa shape index (κ3) is 2.99. The third-order valence-corrected chi connectivity index (χ3v) is 3.55. The Hall–Kier alpha value is -1.51. The van der Waals surface area contributed by atoms with E-state index >= 15 is 0 Å². The van der Waals surface area contributed by atoms with Crippen LogP contribution in [0.5, 0.6) is 0 Å². The van der Waals surface area contributed by atoms with E-state index in [4.69, 9.17) is 5.73 Å². The van der Waals surface area contributed by atoms with Gasteiger partial charge in [0.15, 0.2) is 10.2 Å². The van der Waals surface area contributed by atoms with Gasteiger partial charge in [0.2, 0.25) is 0 Å². The van der Waals surface area contributed by atoms with E-state index in [1.807, 2.05) is 18.2 Å². The van der Waals surface area contributed by atoms with Crippen molar-refractivity contribution in [2.75, 3.05) is 11.5 Å². The van der Waals surface area contributed by atoms with Gasteiger partial charge in [-0.25, -0.2) is 4.98 Å². The minimum absolute atomic E-state index is 0.0791. The van der Waals surface area contributed by atoms with E-state index in [0.717, 1.165) is 15.8 Å². The van der Waals surface area contributed by atoms with Crippen molar-refractivity contribution in [1.29, 1.82) is 0 Å². The summed E-state index contributed by atoms with van der Waals surface area (Å²) in [5.74, 6) is 6.48. The van der Waals surface area contributed by atoms with Crippen molar-refractivity contribution < 1.29 is 4.79 Å². The average molecular weight is 262 g/mol. The fourth-order valence-electron chi connectivity index (χ4n) is 1.34. The number of rotatable bonds is 1. The first-order chi connectivity index (χ1) is 8.16. The van der Waals surface area contributed by atoms with Gasteiger partial charge in [0, 0.05) is 6.92 Å². The second kappa shape index (κ2) is 5.21. The largest absolute Gasteiger partial charge is 0.375 e. The van der Waals surface area contributed by atoms with Crippen LogP contribution in [0.25, 0.3) is 10.2 Å². The maximum absolute atomic E-state index is 10.7. The van der Waals surface area contributed by atoms with Gasteiger partial charge in [-0.05, 0) is 12.1 Å². The highest BCUT2D eigenvalue weighted by Gasteiger charge is 2.03. The van der Waals surface area contributed by atoms with Gasteiger partial charge in [0.05, 0.1) is 21.5 Å². The van der Waals surface area contributed by atoms with Crippen LogP contribution in [0.4, 0.5) is 5.13 Å². The van der Waals surface area contributed by atoms with Crippen molar-refractivity contribution in [2.45, 2.75) is 6.92 Å². The molecule has 0 amide bonds. The standard InChI is InChI=1S/C12H10N2OS2/c1-8(15)16-7-3-5-9-4-2-6-10-11(9)14-12(13)17-10/h2,4,6H,7H2,1H3,(H2,13,14). The fourth-order valence-corrected chi connectivity index (χ4v) is 2.44. The number of hydrogen-bond acceptors (Lipinski definition) is 5. The molecule has 0 bridgehead atoms. The molecule has 0 aliphatic heterocycles. The number of anilines is 1. The van der Waals surface area contributed by atoms with Crippen LogP contribution in [0.1, 0.15) is 12.5 Å². The van der Waals surface area contributed by atoms with E-state index in [9.17, 15) is 4.79 Å². The van der Waals surface area contributed by atoms with Crippen molar-refractivity contribution in [2.24, 2.45) is 0 Å². The Morgan fingerprint density at radius 3 is 3.18 bits per heavy atom. The van der Waals surface area contributed by atoms with Crippen molar-refractivity contribution >= 4 is 43.6 Å². The van der Waals surface area contributed by atoms with Crippen molar-refractivity contribution in [3.05, 3.63) is 23.8 Å². The Bertz CT molecular complexity index is 622. The first-order valence-electron chi connectivity index (χ1n) is 4.94. The second-order valence-corrected chi connectivity index (χ2v) is 5.50. The van der Waals surface area contributed by atoms with Gasteiger partial charge < -0.3 is 5.73 Å². The van der Waals surface area contributed by atoms with E-state index in [1.165, 1.54) is 30.0 Å². The summed E-state index contributed by atoms with van der Waals surface area (Å²) < 4.78 is 1.04. The van der Waals surface area contributed by atoms with Gasteiger partial charge >= 0.3 is 0 Å². The Morgan fingerprint density at radius 1 is 1.59 bits per heavy atom. The van der Waals surface area contributed by atoms with Crippen LogP contribution >= 0.6 is 23.1 Å². The number of carbonyl (C=O) groups excluding carboxylic acids is 1. The first-order valence-corrected chi connectivity index (χ1v) is 6.74. The van der Waals surface area contributed by atoms with E-state index in [2.05, 4.69) is 16.8 Å². The number of hydrogen-bond donors (Lipinski definition) is 1. The predicted octanol–water partition coefficient (Wildman–Crippen LogP) is 2.51. The predicted molar refractivity (Wildman–Crippen MR) is 74.0 cm³/mol. The molecule has 1 heterocycles. The van der Waals surface area contributed by atoms with Crippen LogP contribution in [-0.2, 0) is 4.79 Å². The smallest absolute Gasteiger partial charge is 0.186 e. The molecule has 0 radical (unpaired) electrons. The van der Waals surface area contributed by atoms with Crippen molar-refractivity contribution in [3.63, 3.8) is 0 Å². The highest BCUT2D eigenvalue weighted by atomic mass is 32.2. The monoisotopic (exact) mass is 262 g/mol. The SMILES string of the molecule is CC(=O)SCC#Cc1cccc2sc(N)nc12. The fraction of sp³-hybridized carbons (Fsp3) is 0.167. The van der Waals surface area contributed by atoms with Gasteiger partial charge in [-0.2, -0.15) is 0 Å². The minimum Gasteiger partial charge on any atom is -0.375 e. The molecular weight excluding hydrogens is 252 g/mol. The number of aromatic nitrogens is 1.